The van der Waals surface area contributed by atoms with Crippen LogP contribution < -0.4 is 10.6 Å². The molecule has 1 heterocycles. The van der Waals surface area contributed by atoms with Crippen molar-refractivity contribution in [3.8, 4) is 0 Å². The van der Waals surface area contributed by atoms with Crippen molar-refractivity contribution in [2.24, 2.45) is 0 Å². The fourth-order valence-corrected chi connectivity index (χ4v) is 1.12. The summed E-state index contributed by atoms with van der Waals surface area (Å²) in [5.41, 5.74) is 1.09. The molecular formula is C10H13N3O4. The number of amides is 2. The van der Waals surface area contributed by atoms with E-state index in [1.54, 1.807) is 25.3 Å². The van der Waals surface area contributed by atoms with E-state index in [1.165, 1.54) is 0 Å². The van der Waals surface area contributed by atoms with Gasteiger partial charge in [-0.3, -0.25) is 4.98 Å². The monoisotopic (exact) mass is 239 g/mol. The van der Waals surface area contributed by atoms with Gasteiger partial charge in [0.2, 0.25) is 0 Å². The van der Waals surface area contributed by atoms with Gasteiger partial charge in [0.15, 0.2) is 6.04 Å². The van der Waals surface area contributed by atoms with Crippen LogP contribution >= 0.6 is 0 Å². The molecule has 0 aliphatic heterocycles. The van der Waals surface area contributed by atoms with Crippen molar-refractivity contribution in [1.82, 2.24) is 10.3 Å². The fraction of sp³-hybridized carbons (Fsp3) is 0.300. The van der Waals surface area contributed by atoms with E-state index in [9.17, 15) is 9.59 Å². The first-order valence-corrected chi connectivity index (χ1v) is 4.87. The molecule has 1 aromatic rings. The lowest BCUT2D eigenvalue weighted by Crippen LogP contribution is -2.45. The van der Waals surface area contributed by atoms with Gasteiger partial charge in [-0.25, -0.2) is 9.59 Å². The normalized spacial score (nSPS) is 11.6. The van der Waals surface area contributed by atoms with Gasteiger partial charge in [-0.1, -0.05) is 0 Å². The highest BCUT2D eigenvalue weighted by atomic mass is 16.4. The Morgan fingerprint density at radius 1 is 1.53 bits per heavy atom. The van der Waals surface area contributed by atoms with Gasteiger partial charge in [-0.05, 0) is 19.1 Å². The Morgan fingerprint density at radius 2 is 2.24 bits per heavy atom. The van der Waals surface area contributed by atoms with Crippen molar-refractivity contribution in [3.05, 3.63) is 24.0 Å². The molecule has 0 saturated heterocycles. The summed E-state index contributed by atoms with van der Waals surface area (Å²) in [4.78, 5) is 25.9. The van der Waals surface area contributed by atoms with E-state index in [4.69, 9.17) is 10.2 Å². The number of aliphatic hydroxyl groups excluding tert-OH is 1. The van der Waals surface area contributed by atoms with Crippen molar-refractivity contribution < 1.29 is 19.8 Å². The number of aliphatic carboxylic acids is 1. The number of pyridine rings is 1. The minimum absolute atomic E-state index is 0.479. The zero-order chi connectivity index (χ0) is 12.8. The minimum atomic E-state index is -1.33. The molecule has 0 aliphatic rings. The van der Waals surface area contributed by atoms with E-state index >= 15 is 0 Å². The molecule has 1 rings (SSSR count). The highest BCUT2D eigenvalue weighted by Crippen LogP contribution is 2.09. The highest BCUT2D eigenvalue weighted by molar-refractivity contribution is 5.92. The van der Waals surface area contributed by atoms with Gasteiger partial charge in [0.25, 0.3) is 0 Å². The molecule has 0 aliphatic carbocycles. The lowest BCUT2D eigenvalue weighted by molar-refractivity contribution is -0.140. The third kappa shape index (κ3) is 3.72. The van der Waals surface area contributed by atoms with Crippen molar-refractivity contribution >= 4 is 17.7 Å². The van der Waals surface area contributed by atoms with Crippen LogP contribution in [0, 0.1) is 6.92 Å². The number of urea groups is 1. The number of carbonyl (C=O) groups is 2. The molecule has 2 amide bonds. The molecule has 0 unspecified atom stereocenters. The smallest absolute Gasteiger partial charge is 0.328 e. The van der Waals surface area contributed by atoms with Gasteiger partial charge in [0.05, 0.1) is 18.0 Å². The molecule has 92 valence electrons. The number of nitrogens with one attached hydrogen (secondary N) is 2. The molecule has 7 heteroatoms. The molecule has 0 spiro atoms. The van der Waals surface area contributed by atoms with E-state index < -0.39 is 24.6 Å². The van der Waals surface area contributed by atoms with Crippen LogP contribution in [-0.4, -0.2) is 39.8 Å². The van der Waals surface area contributed by atoms with Crippen LogP contribution in [0.25, 0.3) is 0 Å². The van der Waals surface area contributed by atoms with Crippen LogP contribution in [0.3, 0.4) is 0 Å². The molecule has 0 radical (unpaired) electrons. The number of hydrogen-bond acceptors (Lipinski definition) is 4. The Labute approximate surface area is 97.5 Å². The molecule has 1 atom stereocenters. The average molecular weight is 239 g/mol. The summed E-state index contributed by atoms with van der Waals surface area (Å²) in [6, 6.07) is 1.24. The van der Waals surface area contributed by atoms with Gasteiger partial charge in [-0.2, -0.15) is 0 Å². The summed E-state index contributed by atoms with van der Waals surface area (Å²) in [6.07, 6.45) is 1.58. The second-order valence-electron chi connectivity index (χ2n) is 3.31. The number of carbonyl (C=O) groups excluding carboxylic acids is 1. The van der Waals surface area contributed by atoms with Crippen LogP contribution in [0.4, 0.5) is 10.5 Å². The van der Waals surface area contributed by atoms with Gasteiger partial charge < -0.3 is 20.8 Å². The minimum Gasteiger partial charge on any atom is -0.480 e. The average Bonchev–Trinajstić information content (AvgIpc) is 2.28. The Balaban J connectivity index is 2.61. The summed E-state index contributed by atoms with van der Waals surface area (Å²) in [5, 5.41) is 21.9. The highest BCUT2D eigenvalue weighted by Gasteiger charge is 2.18. The summed E-state index contributed by atoms with van der Waals surface area (Å²) in [6.45, 7) is 1.03. The number of anilines is 1. The fourth-order valence-electron chi connectivity index (χ4n) is 1.12. The number of rotatable bonds is 4. The maximum Gasteiger partial charge on any atom is 0.328 e. The SMILES string of the molecule is Cc1ncccc1NC(=O)N[C@H](CO)C(=O)O. The van der Waals surface area contributed by atoms with Crippen LogP contribution in [0.1, 0.15) is 5.69 Å². The van der Waals surface area contributed by atoms with Gasteiger partial charge in [-0.15, -0.1) is 0 Å². The number of aryl methyl sites for hydroxylation is 1. The molecule has 7 nitrogen and oxygen atoms in total. The first-order valence-electron chi connectivity index (χ1n) is 4.87. The van der Waals surface area contributed by atoms with Gasteiger partial charge >= 0.3 is 12.0 Å². The number of carboxylic acids is 1. The van der Waals surface area contributed by atoms with Crippen LogP contribution in [0.2, 0.25) is 0 Å². The van der Waals surface area contributed by atoms with Gasteiger partial charge in [0.1, 0.15) is 0 Å². The standard InChI is InChI=1S/C10H13N3O4/c1-6-7(3-2-4-11-6)12-10(17)13-8(5-14)9(15)16/h2-4,8,14H,5H2,1H3,(H,15,16)(H2,12,13,17)/t8-/m1/s1. The summed E-state index contributed by atoms with van der Waals surface area (Å²) in [5.74, 6) is -1.30. The van der Waals surface area contributed by atoms with Crippen LogP contribution in [0.5, 0.6) is 0 Å². The van der Waals surface area contributed by atoms with Crippen LogP contribution in [-0.2, 0) is 4.79 Å². The van der Waals surface area contributed by atoms with Crippen molar-refractivity contribution in [2.75, 3.05) is 11.9 Å². The largest absolute Gasteiger partial charge is 0.480 e. The summed E-state index contributed by atoms with van der Waals surface area (Å²) < 4.78 is 0. The third-order valence-corrected chi connectivity index (χ3v) is 2.04. The predicted octanol–water partition coefficient (Wildman–Crippen LogP) is -0.0430. The number of aromatic nitrogens is 1. The number of aliphatic hydroxyl groups is 1. The van der Waals surface area contributed by atoms with Crippen LogP contribution in [0.15, 0.2) is 18.3 Å². The van der Waals surface area contributed by atoms with E-state index in [2.05, 4.69) is 15.6 Å². The zero-order valence-corrected chi connectivity index (χ0v) is 9.17. The number of nitrogens with zero attached hydrogens (tertiary/aromatic N) is 1. The second kappa shape index (κ2) is 5.80. The van der Waals surface area contributed by atoms with Gasteiger partial charge in [0, 0.05) is 6.20 Å². The first kappa shape index (κ1) is 12.9. The topological polar surface area (TPSA) is 112 Å². The number of hydrogen-bond donors (Lipinski definition) is 4. The van der Waals surface area contributed by atoms with E-state index in [1.807, 2.05) is 0 Å². The maximum absolute atomic E-state index is 11.4. The van der Waals surface area contributed by atoms with E-state index in [0.29, 0.717) is 11.4 Å². The summed E-state index contributed by atoms with van der Waals surface area (Å²) in [7, 11) is 0. The molecule has 0 saturated carbocycles. The molecule has 0 bridgehead atoms. The van der Waals surface area contributed by atoms with E-state index in [0.717, 1.165) is 0 Å². The second-order valence-corrected chi connectivity index (χ2v) is 3.31. The predicted molar refractivity (Wildman–Crippen MR) is 59.6 cm³/mol. The first-order chi connectivity index (χ1) is 8.04. The molecule has 1 aromatic heterocycles. The van der Waals surface area contributed by atoms with Crippen molar-refractivity contribution in [1.29, 1.82) is 0 Å². The lowest BCUT2D eigenvalue weighted by Gasteiger charge is -2.13. The maximum atomic E-state index is 11.4. The lowest BCUT2D eigenvalue weighted by atomic mass is 10.3. The Kier molecular flexibility index (Phi) is 4.41. The molecular weight excluding hydrogens is 226 g/mol. The Morgan fingerprint density at radius 3 is 2.76 bits per heavy atom. The molecule has 0 aromatic carbocycles. The molecule has 17 heavy (non-hydrogen) atoms. The number of carboxylic acid groups (broad SMARTS) is 1. The summed E-state index contributed by atoms with van der Waals surface area (Å²) >= 11 is 0. The Bertz CT molecular complexity index is 422. The van der Waals surface area contributed by atoms with E-state index in [-0.39, 0.29) is 0 Å². The molecule has 0 fully saturated rings. The van der Waals surface area contributed by atoms with Crippen molar-refractivity contribution in [2.45, 2.75) is 13.0 Å². The quantitative estimate of drug-likeness (QED) is 0.589. The third-order valence-electron chi connectivity index (χ3n) is 2.04. The van der Waals surface area contributed by atoms with Crippen molar-refractivity contribution in [3.63, 3.8) is 0 Å². The Hall–Kier alpha value is -2.15. The molecule has 4 N–H and O–H groups in total. The zero-order valence-electron chi connectivity index (χ0n) is 9.17.